The molecule has 2 rings (SSSR count). The Morgan fingerprint density at radius 2 is 1.53 bits per heavy atom. The quantitative estimate of drug-likeness (QED) is 0.896. The summed E-state index contributed by atoms with van der Waals surface area (Å²) in [6.07, 6.45) is -4.65. The van der Waals surface area contributed by atoms with Crippen LogP contribution in [0.5, 0.6) is 5.75 Å². The van der Waals surface area contributed by atoms with Crippen LogP contribution in [0.3, 0.4) is 0 Å². The van der Waals surface area contributed by atoms with Gasteiger partial charge in [0.05, 0.1) is 0 Å². The van der Waals surface area contributed by atoms with Crippen molar-refractivity contribution in [3.8, 4) is 5.75 Å². The number of hydrogen-bond donors (Lipinski definition) is 1. The lowest BCUT2D eigenvalue weighted by atomic mass is 10.2. The molecule has 0 heterocycles. The number of nitrogens with one attached hydrogen (secondary N) is 1. The van der Waals surface area contributed by atoms with Crippen molar-refractivity contribution < 1.29 is 17.9 Å². The van der Waals surface area contributed by atoms with Crippen LogP contribution < -0.4 is 10.1 Å². The Kier molecular flexibility index (Phi) is 3.94. The molecule has 0 saturated heterocycles. The van der Waals surface area contributed by atoms with E-state index in [4.69, 9.17) is 0 Å². The molecule has 0 aliphatic rings. The predicted molar refractivity (Wildman–Crippen MR) is 66.9 cm³/mol. The van der Waals surface area contributed by atoms with Crippen molar-refractivity contribution in [1.82, 2.24) is 0 Å². The SMILES string of the molecule is FC(F)(F)Oc1ccc(CNc2ccccc2)cc1. The first-order valence-electron chi connectivity index (χ1n) is 5.66. The summed E-state index contributed by atoms with van der Waals surface area (Å²) in [6, 6.07) is 15.3. The van der Waals surface area contributed by atoms with Crippen LogP contribution >= 0.6 is 0 Å². The Morgan fingerprint density at radius 1 is 0.895 bits per heavy atom. The molecule has 0 bridgehead atoms. The molecule has 100 valence electrons. The number of hydrogen-bond acceptors (Lipinski definition) is 2. The standard InChI is InChI=1S/C14H12F3NO/c15-14(16,17)19-13-8-6-11(7-9-13)10-18-12-4-2-1-3-5-12/h1-9,18H,10H2. The fourth-order valence-corrected chi connectivity index (χ4v) is 1.57. The highest BCUT2D eigenvalue weighted by molar-refractivity contribution is 5.43. The van der Waals surface area contributed by atoms with E-state index in [1.54, 1.807) is 12.1 Å². The van der Waals surface area contributed by atoms with Crippen LogP contribution in [0.2, 0.25) is 0 Å². The summed E-state index contributed by atoms with van der Waals surface area (Å²) < 4.78 is 39.7. The topological polar surface area (TPSA) is 21.3 Å². The predicted octanol–water partition coefficient (Wildman–Crippen LogP) is 4.20. The van der Waals surface area contributed by atoms with Gasteiger partial charge in [-0.3, -0.25) is 0 Å². The summed E-state index contributed by atoms with van der Waals surface area (Å²) in [4.78, 5) is 0. The van der Waals surface area contributed by atoms with Crippen molar-refractivity contribution in [3.63, 3.8) is 0 Å². The molecule has 0 fully saturated rings. The maximum absolute atomic E-state index is 12.0. The van der Waals surface area contributed by atoms with E-state index in [1.165, 1.54) is 12.1 Å². The van der Waals surface area contributed by atoms with Gasteiger partial charge in [-0.1, -0.05) is 30.3 Å². The van der Waals surface area contributed by atoms with E-state index >= 15 is 0 Å². The normalized spacial score (nSPS) is 11.1. The fourth-order valence-electron chi connectivity index (χ4n) is 1.57. The number of ether oxygens (including phenoxy) is 1. The smallest absolute Gasteiger partial charge is 0.406 e. The molecule has 1 N–H and O–H groups in total. The molecule has 2 nitrogen and oxygen atoms in total. The molecular formula is C14H12F3NO. The highest BCUT2D eigenvalue weighted by Crippen LogP contribution is 2.22. The summed E-state index contributed by atoms with van der Waals surface area (Å²) in [6.45, 7) is 0.538. The van der Waals surface area contributed by atoms with E-state index in [-0.39, 0.29) is 5.75 Å². The summed E-state index contributed by atoms with van der Waals surface area (Å²) >= 11 is 0. The van der Waals surface area contributed by atoms with E-state index < -0.39 is 6.36 Å². The molecular weight excluding hydrogens is 255 g/mol. The van der Waals surface area contributed by atoms with Crippen LogP contribution in [0, 0.1) is 0 Å². The zero-order chi connectivity index (χ0) is 13.7. The Hall–Kier alpha value is -2.17. The molecule has 0 saturated carbocycles. The second kappa shape index (κ2) is 5.65. The van der Waals surface area contributed by atoms with E-state index in [9.17, 15) is 13.2 Å². The van der Waals surface area contributed by atoms with Gasteiger partial charge in [-0.05, 0) is 29.8 Å². The first-order valence-corrected chi connectivity index (χ1v) is 5.66. The lowest BCUT2D eigenvalue weighted by Crippen LogP contribution is -2.17. The molecule has 5 heteroatoms. The van der Waals surface area contributed by atoms with Crippen molar-refractivity contribution in [2.75, 3.05) is 5.32 Å². The first kappa shape index (κ1) is 13.3. The van der Waals surface area contributed by atoms with E-state index in [1.807, 2.05) is 30.3 Å². The number of alkyl halides is 3. The highest BCUT2D eigenvalue weighted by Gasteiger charge is 2.30. The lowest BCUT2D eigenvalue weighted by Gasteiger charge is -2.10. The Bertz CT molecular complexity index is 508. The summed E-state index contributed by atoms with van der Waals surface area (Å²) in [5, 5.41) is 3.17. The minimum Gasteiger partial charge on any atom is -0.406 e. The molecule has 19 heavy (non-hydrogen) atoms. The third-order valence-electron chi connectivity index (χ3n) is 2.43. The van der Waals surface area contributed by atoms with E-state index in [2.05, 4.69) is 10.1 Å². The van der Waals surface area contributed by atoms with Gasteiger partial charge in [0.25, 0.3) is 0 Å². The second-order valence-corrected chi connectivity index (χ2v) is 3.91. The Balaban J connectivity index is 1.92. The molecule has 0 atom stereocenters. The van der Waals surface area contributed by atoms with Gasteiger partial charge in [-0.2, -0.15) is 0 Å². The molecule has 2 aromatic rings. The van der Waals surface area contributed by atoms with Crippen LogP contribution in [0.25, 0.3) is 0 Å². The van der Waals surface area contributed by atoms with Gasteiger partial charge in [-0.25, -0.2) is 0 Å². The second-order valence-electron chi connectivity index (χ2n) is 3.91. The van der Waals surface area contributed by atoms with Gasteiger partial charge in [0, 0.05) is 12.2 Å². The van der Waals surface area contributed by atoms with Gasteiger partial charge in [0.15, 0.2) is 0 Å². The summed E-state index contributed by atoms with van der Waals surface area (Å²) in [5.74, 6) is -0.212. The molecule has 2 aromatic carbocycles. The number of rotatable bonds is 4. The van der Waals surface area contributed by atoms with Crippen molar-refractivity contribution in [3.05, 3.63) is 60.2 Å². The van der Waals surface area contributed by atoms with Crippen molar-refractivity contribution >= 4 is 5.69 Å². The lowest BCUT2D eigenvalue weighted by molar-refractivity contribution is -0.274. The van der Waals surface area contributed by atoms with Gasteiger partial charge in [0.2, 0.25) is 0 Å². The molecule has 0 aliphatic carbocycles. The van der Waals surface area contributed by atoms with Crippen LogP contribution in [-0.2, 0) is 6.54 Å². The summed E-state index contributed by atoms with van der Waals surface area (Å²) in [5.41, 5.74) is 1.83. The third-order valence-corrected chi connectivity index (χ3v) is 2.43. The Morgan fingerprint density at radius 3 is 2.11 bits per heavy atom. The molecule has 0 aromatic heterocycles. The van der Waals surface area contributed by atoms with Crippen LogP contribution in [-0.4, -0.2) is 6.36 Å². The van der Waals surface area contributed by atoms with Crippen LogP contribution in [0.4, 0.5) is 18.9 Å². The molecule has 0 spiro atoms. The first-order chi connectivity index (χ1) is 9.03. The maximum Gasteiger partial charge on any atom is 0.573 e. The van der Waals surface area contributed by atoms with Crippen molar-refractivity contribution in [1.29, 1.82) is 0 Å². The van der Waals surface area contributed by atoms with Crippen molar-refractivity contribution in [2.24, 2.45) is 0 Å². The fraction of sp³-hybridized carbons (Fsp3) is 0.143. The molecule has 0 radical (unpaired) electrons. The third kappa shape index (κ3) is 4.54. The minimum absolute atomic E-state index is 0.212. The van der Waals surface area contributed by atoms with Crippen molar-refractivity contribution in [2.45, 2.75) is 12.9 Å². The zero-order valence-electron chi connectivity index (χ0n) is 9.95. The number of para-hydroxylation sites is 1. The van der Waals surface area contributed by atoms with Gasteiger partial charge < -0.3 is 10.1 Å². The zero-order valence-corrected chi connectivity index (χ0v) is 9.95. The average Bonchev–Trinajstić information content (AvgIpc) is 2.37. The monoisotopic (exact) mass is 267 g/mol. The molecule has 0 amide bonds. The van der Waals surface area contributed by atoms with Gasteiger partial charge in [-0.15, -0.1) is 13.2 Å². The van der Waals surface area contributed by atoms with Crippen LogP contribution in [0.15, 0.2) is 54.6 Å². The average molecular weight is 267 g/mol. The largest absolute Gasteiger partial charge is 0.573 e. The number of benzene rings is 2. The molecule has 0 aliphatic heterocycles. The number of halogens is 3. The van der Waals surface area contributed by atoms with E-state index in [0.29, 0.717) is 6.54 Å². The van der Waals surface area contributed by atoms with E-state index in [0.717, 1.165) is 11.3 Å². The molecule has 0 unspecified atom stereocenters. The minimum atomic E-state index is -4.65. The number of anilines is 1. The van der Waals surface area contributed by atoms with Gasteiger partial charge in [0.1, 0.15) is 5.75 Å². The Labute approximate surface area is 108 Å². The van der Waals surface area contributed by atoms with Gasteiger partial charge >= 0.3 is 6.36 Å². The maximum atomic E-state index is 12.0. The highest BCUT2D eigenvalue weighted by atomic mass is 19.4. The summed E-state index contributed by atoms with van der Waals surface area (Å²) in [7, 11) is 0. The van der Waals surface area contributed by atoms with Crippen LogP contribution in [0.1, 0.15) is 5.56 Å².